The molecule has 2 aromatic carbocycles. The molecule has 0 radical (unpaired) electrons. The van der Waals surface area contributed by atoms with Crippen molar-refractivity contribution in [1.82, 2.24) is 29.9 Å². The zero-order valence-electron chi connectivity index (χ0n) is 28.1. The molecule has 0 aliphatic carbocycles. The Bertz CT molecular complexity index is 2000. The number of nitrogen functional groups attached to an aromatic ring is 2. The maximum atomic E-state index is 12.3. The van der Waals surface area contributed by atoms with Crippen LogP contribution < -0.4 is 91.0 Å². The molecule has 4 aromatic rings. The first-order valence-electron chi connectivity index (χ1n) is 14.9. The molecule has 52 heavy (non-hydrogen) atoms. The molecule has 264 valence electrons. The molecule has 0 atom stereocenters. The number of hydrogen-bond donors (Lipinski definition) is 4. The van der Waals surface area contributed by atoms with Crippen molar-refractivity contribution in [3.05, 3.63) is 47.5 Å². The number of benzene rings is 2. The summed E-state index contributed by atoms with van der Waals surface area (Å²) in [6.45, 7) is 4.02. The van der Waals surface area contributed by atoms with Gasteiger partial charge < -0.3 is 50.5 Å². The summed E-state index contributed by atoms with van der Waals surface area (Å²) in [4.78, 5) is 27.5. The SMILES string of the molecule is Nc1nc(Nc2ccc(C=Cc3ccc(Nc4nc(N)nc(N5CCOCC5)n4)cc3S(=O)(=O)[O-])c(S(=O)(=O)[O-])c2)nc(N2CCOCC2)n1.[Na+].[Na+]. The standard InChI is InChI=1S/C28H32N12O8S2.2Na/c29-23-33-25(37-27(35-23)39-7-11-47-12-8-39)31-19-5-3-17(21(15-19)49(41,42)43)1-2-18-4-6-20(16-22(18)50(44,45)46)32-26-34-24(30)36-28(38-26)40-9-13-48-14-10-40;;/h1-6,15-16H,7-14H2,(H,41,42,43)(H,44,45,46)(H3,29,31,33,35,37)(H3,30,32,34,36,38);;/q;2*+1/p-2. The molecule has 0 bridgehead atoms. The van der Waals surface area contributed by atoms with Crippen LogP contribution in [-0.2, 0) is 29.7 Å². The van der Waals surface area contributed by atoms with E-state index in [4.69, 9.17) is 20.9 Å². The molecule has 6 N–H and O–H groups in total. The van der Waals surface area contributed by atoms with Gasteiger partial charge >= 0.3 is 59.1 Å². The second kappa shape index (κ2) is 17.7. The third-order valence-corrected chi connectivity index (χ3v) is 9.17. The molecule has 2 aromatic heterocycles. The number of aromatic nitrogens is 6. The van der Waals surface area contributed by atoms with Crippen molar-refractivity contribution in [2.24, 2.45) is 0 Å². The molecule has 0 unspecified atom stereocenters. The van der Waals surface area contributed by atoms with Crippen LogP contribution in [0.4, 0.5) is 47.1 Å². The van der Waals surface area contributed by atoms with Gasteiger partial charge in [-0.2, -0.15) is 29.9 Å². The van der Waals surface area contributed by atoms with E-state index in [9.17, 15) is 25.9 Å². The van der Waals surface area contributed by atoms with Crippen LogP contribution in [0.5, 0.6) is 0 Å². The van der Waals surface area contributed by atoms with Crippen LogP contribution in [0.3, 0.4) is 0 Å². The smallest absolute Gasteiger partial charge is 0.744 e. The van der Waals surface area contributed by atoms with Crippen LogP contribution in [0.15, 0.2) is 46.2 Å². The van der Waals surface area contributed by atoms with Crippen molar-refractivity contribution < 1.29 is 94.5 Å². The minimum atomic E-state index is -5.05. The number of anilines is 8. The van der Waals surface area contributed by atoms with Gasteiger partial charge in [-0.1, -0.05) is 24.3 Å². The predicted octanol–water partition coefficient (Wildman–Crippen LogP) is -5.63. The van der Waals surface area contributed by atoms with E-state index in [-0.39, 0.29) is 105 Å². The molecule has 4 heterocycles. The molecule has 0 amide bonds. The zero-order valence-corrected chi connectivity index (χ0v) is 33.7. The summed E-state index contributed by atoms with van der Waals surface area (Å²) in [5, 5.41) is 5.67. The maximum Gasteiger partial charge on any atom is 1.00 e. The average Bonchev–Trinajstić information content (AvgIpc) is 3.07. The number of hydrogen-bond acceptors (Lipinski definition) is 20. The maximum absolute atomic E-state index is 12.3. The predicted molar refractivity (Wildman–Crippen MR) is 179 cm³/mol. The Kier molecular flexibility index (Phi) is 14.1. The topological polar surface area (TPSA) is 293 Å². The fraction of sp³-hybridized carbons (Fsp3) is 0.286. The first-order chi connectivity index (χ1) is 23.8. The first-order valence-corrected chi connectivity index (χ1v) is 17.7. The summed E-state index contributed by atoms with van der Waals surface area (Å²) in [5.74, 6) is 0.432. The molecule has 2 aliphatic rings. The second-order valence-electron chi connectivity index (χ2n) is 10.8. The average molecular weight is 773 g/mol. The molecule has 0 saturated carbocycles. The molecule has 6 rings (SSSR count). The van der Waals surface area contributed by atoms with Gasteiger partial charge in [0.05, 0.1) is 36.2 Å². The Balaban J connectivity index is 0.00000302. The van der Waals surface area contributed by atoms with Gasteiger partial charge in [-0.25, -0.2) is 16.8 Å². The fourth-order valence-electron chi connectivity index (χ4n) is 5.05. The van der Waals surface area contributed by atoms with E-state index in [0.29, 0.717) is 64.5 Å². The van der Waals surface area contributed by atoms with Crippen LogP contribution in [0.2, 0.25) is 0 Å². The summed E-state index contributed by atoms with van der Waals surface area (Å²) in [6.07, 6.45) is 2.40. The zero-order chi connectivity index (χ0) is 35.5. The van der Waals surface area contributed by atoms with E-state index >= 15 is 0 Å². The van der Waals surface area contributed by atoms with Gasteiger partial charge in [-0.3, -0.25) is 0 Å². The van der Waals surface area contributed by atoms with Crippen LogP contribution in [0.1, 0.15) is 11.1 Å². The molecule has 2 aliphatic heterocycles. The van der Waals surface area contributed by atoms with Crippen LogP contribution in [0, 0.1) is 0 Å². The first kappa shape index (κ1) is 41.5. The fourth-order valence-corrected chi connectivity index (χ4v) is 6.45. The minimum absolute atomic E-state index is 0. The van der Waals surface area contributed by atoms with Crippen LogP contribution >= 0.6 is 0 Å². The van der Waals surface area contributed by atoms with Gasteiger partial charge in [-0.15, -0.1) is 0 Å². The molecule has 24 heteroatoms. The van der Waals surface area contributed by atoms with E-state index in [1.807, 2.05) is 9.80 Å². The number of nitrogens with zero attached hydrogens (tertiary/aromatic N) is 8. The molecular weight excluding hydrogens is 742 g/mol. The Morgan fingerprint density at radius 2 is 0.981 bits per heavy atom. The molecular formula is C28H30N12Na2O8S2. The minimum Gasteiger partial charge on any atom is -0.744 e. The Morgan fingerprint density at radius 1 is 0.615 bits per heavy atom. The van der Waals surface area contributed by atoms with Gasteiger partial charge in [0.15, 0.2) is 0 Å². The summed E-state index contributed by atoms with van der Waals surface area (Å²) in [7, 11) is -10.1. The van der Waals surface area contributed by atoms with E-state index in [1.54, 1.807) is 0 Å². The van der Waals surface area contributed by atoms with Crippen LogP contribution in [0.25, 0.3) is 12.2 Å². The second-order valence-corrected chi connectivity index (χ2v) is 13.5. The summed E-state index contributed by atoms with van der Waals surface area (Å²) >= 11 is 0. The number of nitrogens with one attached hydrogen (secondary N) is 2. The van der Waals surface area contributed by atoms with Crippen molar-refractivity contribution in [1.29, 1.82) is 0 Å². The monoisotopic (exact) mass is 772 g/mol. The van der Waals surface area contributed by atoms with E-state index in [2.05, 4.69) is 40.5 Å². The van der Waals surface area contributed by atoms with Gasteiger partial charge in [0.2, 0.25) is 35.7 Å². The number of rotatable bonds is 10. The third-order valence-electron chi connectivity index (χ3n) is 7.39. The number of ether oxygens (including phenoxy) is 2. The Morgan fingerprint density at radius 3 is 1.33 bits per heavy atom. The van der Waals surface area contributed by atoms with Crippen molar-refractivity contribution in [3.63, 3.8) is 0 Å². The summed E-state index contributed by atoms with van der Waals surface area (Å²) in [6, 6.07) is 7.67. The van der Waals surface area contributed by atoms with Crippen molar-refractivity contribution in [2.75, 3.05) is 84.5 Å². The molecule has 0 spiro atoms. The van der Waals surface area contributed by atoms with Gasteiger partial charge in [0.25, 0.3) is 0 Å². The number of nitrogens with two attached hydrogens (primary N) is 2. The summed E-state index contributed by atoms with van der Waals surface area (Å²) in [5.41, 5.74) is 11.9. The molecule has 20 nitrogen and oxygen atoms in total. The van der Waals surface area contributed by atoms with Gasteiger partial charge in [0.1, 0.15) is 20.2 Å². The van der Waals surface area contributed by atoms with Crippen LogP contribution in [-0.4, -0.2) is 108 Å². The number of morpholine rings is 2. The quantitative estimate of drug-likeness (QED) is 0.0664. The van der Waals surface area contributed by atoms with E-state index in [1.165, 1.54) is 36.4 Å². The van der Waals surface area contributed by atoms with Crippen molar-refractivity contribution in [2.45, 2.75) is 9.79 Å². The summed E-state index contributed by atoms with van der Waals surface area (Å²) < 4.78 is 84.4. The largest absolute Gasteiger partial charge is 1.00 e. The van der Waals surface area contributed by atoms with Gasteiger partial charge in [-0.05, 0) is 35.4 Å². The van der Waals surface area contributed by atoms with Gasteiger partial charge in [0, 0.05) is 37.6 Å². The van der Waals surface area contributed by atoms with Crippen molar-refractivity contribution in [3.8, 4) is 0 Å². The van der Waals surface area contributed by atoms with E-state index < -0.39 is 30.0 Å². The normalized spacial score (nSPS) is 15.1. The molecule has 2 saturated heterocycles. The molecule has 2 fully saturated rings. The Labute approximate surface area is 342 Å². The third kappa shape index (κ3) is 10.7. The Hall–Kier alpha value is -3.26. The van der Waals surface area contributed by atoms with E-state index in [0.717, 1.165) is 12.1 Å². The van der Waals surface area contributed by atoms with Crippen molar-refractivity contribution >= 4 is 79.5 Å².